The number of hydrogen-bond acceptors (Lipinski definition) is 3. The second-order valence-electron chi connectivity index (χ2n) is 5.40. The number of rotatable bonds is 2. The van der Waals surface area contributed by atoms with E-state index in [0.29, 0.717) is 0 Å². The Morgan fingerprint density at radius 1 is 1.29 bits per heavy atom. The van der Waals surface area contributed by atoms with Crippen LogP contribution in [0.1, 0.15) is 33.6 Å². The van der Waals surface area contributed by atoms with Gasteiger partial charge in [0.1, 0.15) is 5.88 Å². The number of carbonyl (C=O) groups excluding carboxylic acids is 2. The quantitative estimate of drug-likeness (QED) is 0.763. The molecule has 17 heavy (non-hydrogen) atoms. The average molecular weight is 261 g/mol. The Hall–Kier alpha value is -0.610. The molecule has 1 saturated heterocycles. The predicted molar refractivity (Wildman–Crippen MR) is 67.9 cm³/mol. The van der Waals surface area contributed by atoms with E-state index < -0.39 is 5.54 Å². The summed E-state index contributed by atoms with van der Waals surface area (Å²) in [4.78, 5) is 25.5. The summed E-state index contributed by atoms with van der Waals surface area (Å²) in [6.45, 7) is 7.25. The van der Waals surface area contributed by atoms with Crippen molar-refractivity contribution >= 4 is 23.4 Å². The number of imide groups is 1. The molecule has 0 radical (unpaired) electrons. The van der Waals surface area contributed by atoms with Crippen LogP contribution in [-0.4, -0.2) is 41.2 Å². The van der Waals surface area contributed by atoms with Crippen LogP contribution in [0.4, 0.5) is 0 Å². The molecular weight excluding hydrogens is 240 g/mol. The van der Waals surface area contributed by atoms with Crippen LogP contribution in [-0.2, 0) is 9.59 Å². The molecule has 1 heterocycles. The summed E-state index contributed by atoms with van der Waals surface area (Å²) in [5.41, 5.74) is -0.506. The largest absolute Gasteiger partial charge is 0.317 e. The maximum absolute atomic E-state index is 12.4. The molecule has 98 valence electrons. The van der Waals surface area contributed by atoms with Gasteiger partial charge in [0.25, 0.3) is 0 Å². The third kappa shape index (κ3) is 3.68. The van der Waals surface area contributed by atoms with Crippen molar-refractivity contribution in [3.63, 3.8) is 0 Å². The molecule has 4 nitrogen and oxygen atoms in total. The summed E-state index contributed by atoms with van der Waals surface area (Å²) < 4.78 is 0. The Morgan fingerprint density at radius 2 is 1.82 bits per heavy atom. The van der Waals surface area contributed by atoms with Gasteiger partial charge in [0.15, 0.2) is 0 Å². The Labute approximate surface area is 108 Å². The van der Waals surface area contributed by atoms with Crippen molar-refractivity contribution in [1.82, 2.24) is 10.2 Å². The van der Waals surface area contributed by atoms with E-state index in [1.165, 1.54) is 4.90 Å². The lowest BCUT2D eigenvalue weighted by atomic mass is 9.94. The minimum absolute atomic E-state index is 0.0531. The zero-order valence-corrected chi connectivity index (χ0v) is 11.5. The van der Waals surface area contributed by atoms with Gasteiger partial charge in [-0.1, -0.05) is 0 Å². The van der Waals surface area contributed by atoms with E-state index in [1.807, 2.05) is 20.8 Å². The van der Waals surface area contributed by atoms with Gasteiger partial charge in [0.2, 0.25) is 11.8 Å². The van der Waals surface area contributed by atoms with Gasteiger partial charge in [-0.2, -0.15) is 0 Å². The third-order valence-corrected chi connectivity index (χ3v) is 3.17. The van der Waals surface area contributed by atoms with Gasteiger partial charge in [0, 0.05) is 11.5 Å². The van der Waals surface area contributed by atoms with Crippen LogP contribution in [0.2, 0.25) is 0 Å². The summed E-state index contributed by atoms with van der Waals surface area (Å²) in [6, 6.07) is 0. The smallest absolute Gasteiger partial charge is 0.244 e. The van der Waals surface area contributed by atoms with Gasteiger partial charge in [-0.15, -0.1) is 11.6 Å². The average Bonchev–Trinajstić information content (AvgIpc) is 2.28. The van der Waals surface area contributed by atoms with Crippen molar-refractivity contribution in [1.29, 1.82) is 0 Å². The minimum atomic E-state index is -0.506. The number of nitrogens with zero attached hydrogens (tertiary/aromatic N) is 1. The van der Waals surface area contributed by atoms with Crippen LogP contribution in [0, 0.1) is 5.92 Å². The first kappa shape index (κ1) is 14.5. The number of carbonyl (C=O) groups is 2. The fourth-order valence-electron chi connectivity index (χ4n) is 2.14. The van der Waals surface area contributed by atoms with Crippen LogP contribution in [0.5, 0.6) is 0 Å². The maximum Gasteiger partial charge on any atom is 0.244 e. The molecule has 0 spiro atoms. The van der Waals surface area contributed by atoms with Crippen molar-refractivity contribution in [3.8, 4) is 0 Å². The molecule has 1 rings (SSSR count). The Morgan fingerprint density at radius 3 is 2.24 bits per heavy atom. The summed E-state index contributed by atoms with van der Waals surface area (Å²) in [5, 5.41) is 3.21. The fourth-order valence-corrected chi connectivity index (χ4v) is 2.26. The highest BCUT2D eigenvalue weighted by Crippen LogP contribution is 2.22. The second kappa shape index (κ2) is 5.83. The second-order valence-corrected chi connectivity index (χ2v) is 5.66. The number of hydrogen-bond donors (Lipinski definition) is 1. The lowest BCUT2D eigenvalue weighted by molar-refractivity contribution is -0.152. The van der Waals surface area contributed by atoms with E-state index in [4.69, 9.17) is 11.6 Å². The number of piperidine rings is 1. The third-order valence-electron chi connectivity index (χ3n) is 2.94. The summed E-state index contributed by atoms with van der Waals surface area (Å²) in [5.74, 6) is -0.580. The first-order chi connectivity index (χ1) is 7.88. The summed E-state index contributed by atoms with van der Waals surface area (Å²) in [6.07, 6.45) is 1.59. The van der Waals surface area contributed by atoms with Crippen LogP contribution in [0.25, 0.3) is 0 Å². The molecule has 0 aromatic heterocycles. The number of amides is 2. The normalized spacial score (nSPS) is 17.9. The highest BCUT2D eigenvalue weighted by Gasteiger charge is 2.36. The van der Waals surface area contributed by atoms with Gasteiger partial charge >= 0.3 is 0 Å². The molecule has 0 unspecified atom stereocenters. The van der Waals surface area contributed by atoms with Crippen LogP contribution in [0.3, 0.4) is 0 Å². The molecule has 0 saturated carbocycles. The van der Waals surface area contributed by atoms with E-state index in [1.54, 1.807) is 0 Å². The molecule has 2 amide bonds. The van der Waals surface area contributed by atoms with E-state index >= 15 is 0 Å². The summed E-state index contributed by atoms with van der Waals surface area (Å²) >= 11 is 5.58. The first-order valence-corrected chi connectivity index (χ1v) is 6.55. The monoisotopic (exact) mass is 260 g/mol. The molecular formula is C12H21ClN2O2. The zero-order valence-electron chi connectivity index (χ0n) is 10.8. The predicted octanol–water partition coefficient (Wildman–Crippen LogP) is 1.38. The van der Waals surface area contributed by atoms with E-state index in [-0.39, 0.29) is 23.6 Å². The van der Waals surface area contributed by atoms with Gasteiger partial charge in [-0.05, 0) is 46.7 Å². The van der Waals surface area contributed by atoms with Crippen molar-refractivity contribution in [3.05, 3.63) is 0 Å². The highest BCUT2D eigenvalue weighted by atomic mass is 35.5. The van der Waals surface area contributed by atoms with Gasteiger partial charge in [-0.25, -0.2) is 0 Å². The fraction of sp³-hybridized carbons (Fsp3) is 0.833. The van der Waals surface area contributed by atoms with Crippen molar-refractivity contribution in [2.45, 2.75) is 39.2 Å². The Kier molecular flexibility index (Phi) is 4.95. The highest BCUT2D eigenvalue weighted by molar-refractivity contribution is 6.28. The number of nitrogens with one attached hydrogen (secondary N) is 1. The molecule has 1 aliphatic rings. The van der Waals surface area contributed by atoms with E-state index in [9.17, 15) is 9.59 Å². The Balaban J connectivity index is 2.82. The molecule has 0 aromatic rings. The molecule has 1 aliphatic heterocycles. The lowest BCUT2D eigenvalue weighted by Crippen LogP contribution is -2.53. The molecule has 0 aromatic carbocycles. The van der Waals surface area contributed by atoms with Gasteiger partial charge in [0.05, 0.1) is 0 Å². The molecule has 1 N–H and O–H groups in total. The molecule has 0 bridgehead atoms. The van der Waals surface area contributed by atoms with Crippen molar-refractivity contribution in [2.75, 3.05) is 19.0 Å². The number of halogens is 1. The van der Waals surface area contributed by atoms with Gasteiger partial charge in [-0.3, -0.25) is 14.5 Å². The van der Waals surface area contributed by atoms with Crippen molar-refractivity contribution < 1.29 is 9.59 Å². The van der Waals surface area contributed by atoms with E-state index in [2.05, 4.69) is 5.32 Å². The molecule has 5 heteroatoms. The minimum Gasteiger partial charge on any atom is -0.317 e. The van der Waals surface area contributed by atoms with Crippen LogP contribution < -0.4 is 5.32 Å². The standard InChI is InChI=1S/C12H21ClN2O2/c1-12(2,3)15(10(16)8-13)11(17)9-4-6-14-7-5-9/h9,14H,4-8H2,1-3H3. The van der Waals surface area contributed by atoms with Crippen molar-refractivity contribution in [2.24, 2.45) is 5.92 Å². The first-order valence-electron chi connectivity index (χ1n) is 6.01. The van der Waals surface area contributed by atoms with Crippen LogP contribution >= 0.6 is 11.6 Å². The van der Waals surface area contributed by atoms with Crippen LogP contribution in [0.15, 0.2) is 0 Å². The van der Waals surface area contributed by atoms with E-state index in [0.717, 1.165) is 25.9 Å². The SMILES string of the molecule is CC(C)(C)N(C(=O)CCl)C(=O)C1CCNCC1. The zero-order chi connectivity index (χ0) is 13.1. The molecule has 0 atom stereocenters. The molecule has 1 fully saturated rings. The number of alkyl halides is 1. The Bertz CT molecular complexity index is 293. The lowest BCUT2D eigenvalue weighted by Gasteiger charge is -2.37. The van der Waals surface area contributed by atoms with Gasteiger partial charge < -0.3 is 5.32 Å². The maximum atomic E-state index is 12.4. The topological polar surface area (TPSA) is 49.4 Å². The molecule has 0 aliphatic carbocycles. The summed E-state index contributed by atoms with van der Waals surface area (Å²) in [7, 11) is 0.